The summed E-state index contributed by atoms with van der Waals surface area (Å²) in [7, 11) is 0. The summed E-state index contributed by atoms with van der Waals surface area (Å²) in [5.41, 5.74) is 3.53. The molecule has 1 aliphatic heterocycles. The molecule has 0 spiro atoms. The predicted molar refractivity (Wildman–Crippen MR) is 110 cm³/mol. The van der Waals surface area contributed by atoms with Crippen LogP contribution in [0.2, 0.25) is 0 Å². The Hall–Kier alpha value is -3.56. The molecule has 4 rings (SSSR count). The molecular formula is C23H20N2O4. The normalized spacial score (nSPS) is 14.7. The summed E-state index contributed by atoms with van der Waals surface area (Å²) in [6, 6.07) is 17.7. The van der Waals surface area contributed by atoms with E-state index < -0.39 is 5.97 Å². The molecule has 0 aliphatic carbocycles. The van der Waals surface area contributed by atoms with E-state index in [0.29, 0.717) is 6.42 Å². The molecule has 1 N–H and O–H groups in total. The lowest BCUT2D eigenvalue weighted by atomic mass is 10.1. The van der Waals surface area contributed by atoms with Crippen molar-refractivity contribution in [1.29, 1.82) is 5.26 Å². The topological polar surface area (TPSA) is 86.7 Å². The second-order valence-electron chi connectivity index (χ2n) is 6.87. The van der Waals surface area contributed by atoms with Gasteiger partial charge in [-0.25, -0.2) is 4.79 Å². The Morgan fingerprint density at radius 1 is 1.14 bits per heavy atom. The number of carboxylic acids is 1. The van der Waals surface area contributed by atoms with Crippen molar-refractivity contribution in [2.45, 2.75) is 6.42 Å². The van der Waals surface area contributed by atoms with Gasteiger partial charge >= 0.3 is 5.97 Å². The Labute approximate surface area is 168 Å². The van der Waals surface area contributed by atoms with Gasteiger partial charge < -0.3 is 19.2 Å². The van der Waals surface area contributed by atoms with Crippen molar-refractivity contribution in [3.8, 4) is 17.4 Å². The Morgan fingerprint density at radius 2 is 1.90 bits per heavy atom. The minimum absolute atomic E-state index is 0.259. The number of carbonyl (C=O) groups is 1. The van der Waals surface area contributed by atoms with Gasteiger partial charge in [-0.1, -0.05) is 18.2 Å². The molecule has 1 aromatic heterocycles. The molecule has 2 heterocycles. The molecule has 6 nitrogen and oxygen atoms in total. The number of hydrogen-bond donors (Lipinski definition) is 1. The van der Waals surface area contributed by atoms with Gasteiger partial charge in [0.05, 0.1) is 13.2 Å². The quantitative estimate of drug-likeness (QED) is 0.525. The van der Waals surface area contributed by atoms with Crippen molar-refractivity contribution >= 4 is 22.6 Å². The van der Waals surface area contributed by atoms with Crippen LogP contribution in [-0.4, -0.2) is 37.4 Å². The summed E-state index contributed by atoms with van der Waals surface area (Å²) in [4.78, 5) is 13.2. The number of anilines is 1. The fourth-order valence-electron chi connectivity index (χ4n) is 3.40. The molecule has 3 aromatic rings. The van der Waals surface area contributed by atoms with Crippen LogP contribution in [0, 0.1) is 11.3 Å². The summed E-state index contributed by atoms with van der Waals surface area (Å²) in [5, 5.41) is 18.8. The third kappa shape index (κ3) is 4.15. The van der Waals surface area contributed by atoms with Crippen LogP contribution >= 0.6 is 0 Å². The maximum atomic E-state index is 10.9. The molecule has 0 amide bonds. The lowest BCUT2D eigenvalue weighted by molar-refractivity contribution is -0.132. The fraction of sp³-hybridized carbons (Fsp3) is 0.217. The van der Waals surface area contributed by atoms with Crippen LogP contribution in [0.4, 0.5) is 5.69 Å². The lowest BCUT2D eigenvalue weighted by Crippen LogP contribution is -2.36. The Kier molecular flexibility index (Phi) is 5.32. The van der Waals surface area contributed by atoms with Gasteiger partial charge in [-0.15, -0.1) is 0 Å². The average Bonchev–Trinajstić information content (AvgIpc) is 3.18. The number of fused-ring (bicyclic) bond motifs is 1. The van der Waals surface area contributed by atoms with Crippen LogP contribution < -0.4 is 4.90 Å². The van der Waals surface area contributed by atoms with Crippen LogP contribution in [0.15, 0.2) is 64.6 Å². The molecule has 0 atom stereocenters. The Balaban J connectivity index is 1.54. The zero-order chi connectivity index (χ0) is 20.2. The first kappa shape index (κ1) is 18.8. The monoisotopic (exact) mass is 388 g/mol. The van der Waals surface area contributed by atoms with E-state index in [2.05, 4.69) is 29.2 Å². The first-order chi connectivity index (χ1) is 14.1. The molecular weight excluding hydrogens is 368 g/mol. The fourth-order valence-corrected chi connectivity index (χ4v) is 3.40. The predicted octanol–water partition coefficient (Wildman–Crippen LogP) is 4.01. The van der Waals surface area contributed by atoms with Gasteiger partial charge in [0.1, 0.15) is 23.0 Å². The summed E-state index contributed by atoms with van der Waals surface area (Å²) >= 11 is 0. The average molecular weight is 388 g/mol. The smallest absolute Gasteiger partial charge is 0.346 e. The number of aliphatic carboxylic acids is 1. The highest BCUT2D eigenvalue weighted by molar-refractivity contribution is 5.91. The number of ether oxygens (including phenoxy) is 1. The highest BCUT2D eigenvalue weighted by atomic mass is 16.5. The summed E-state index contributed by atoms with van der Waals surface area (Å²) < 4.78 is 11.4. The zero-order valence-electron chi connectivity index (χ0n) is 15.8. The molecule has 0 radical (unpaired) electrons. The second-order valence-corrected chi connectivity index (χ2v) is 6.87. The zero-order valence-corrected chi connectivity index (χ0v) is 15.8. The summed E-state index contributed by atoms with van der Waals surface area (Å²) in [6.45, 7) is 3.31. The third-order valence-corrected chi connectivity index (χ3v) is 5.01. The minimum atomic E-state index is -1.21. The van der Waals surface area contributed by atoms with Gasteiger partial charge in [0.15, 0.2) is 0 Å². The van der Waals surface area contributed by atoms with Crippen LogP contribution in [0.3, 0.4) is 0 Å². The van der Waals surface area contributed by atoms with E-state index in [1.807, 2.05) is 24.3 Å². The van der Waals surface area contributed by atoms with E-state index >= 15 is 0 Å². The molecule has 1 saturated heterocycles. The molecule has 0 bridgehead atoms. The number of benzene rings is 2. The number of nitriles is 1. The number of carboxylic acid groups (broad SMARTS) is 1. The molecule has 146 valence electrons. The highest BCUT2D eigenvalue weighted by Crippen LogP contribution is 2.30. The van der Waals surface area contributed by atoms with Gasteiger partial charge in [-0.05, 0) is 48.4 Å². The van der Waals surface area contributed by atoms with Gasteiger partial charge in [0.25, 0.3) is 0 Å². The van der Waals surface area contributed by atoms with Crippen LogP contribution in [0.1, 0.15) is 5.56 Å². The second kappa shape index (κ2) is 8.21. The first-order valence-corrected chi connectivity index (χ1v) is 9.43. The standard InChI is InChI=1S/C23H20N2O4/c24-15-19(23(26)27)4-2-16-1-3-18-14-22(29-21(18)13-16)17-5-7-20(8-6-17)25-9-11-28-12-10-25/h1,3-8,13-14H,2,9-12H2,(H,26,27)/b19-4+. The van der Waals surface area contributed by atoms with Crippen LogP contribution in [0.5, 0.6) is 0 Å². The van der Waals surface area contributed by atoms with E-state index in [-0.39, 0.29) is 5.57 Å². The van der Waals surface area contributed by atoms with E-state index in [9.17, 15) is 4.79 Å². The van der Waals surface area contributed by atoms with Crippen molar-refractivity contribution in [1.82, 2.24) is 0 Å². The van der Waals surface area contributed by atoms with Crippen LogP contribution in [-0.2, 0) is 16.0 Å². The van der Waals surface area contributed by atoms with Crippen molar-refractivity contribution in [2.24, 2.45) is 0 Å². The molecule has 1 fully saturated rings. The van der Waals surface area contributed by atoms with E-state index in [1.54, 1.807) is 6.07 Å². The summed E-state index contributed by atoms with van der Waals surface area (Å²) in [6.07, 6.45) is 1.77. The lowest BCUT2D eigenvalue weighted by Gasteiger charge is -2.28. The van der Waals surface area contributed by atoms with Crippen molar-refractivity contribution in [2.75, 3.05) is 31.2 Å². The maximum absolute atomic E-state index is 10.9. The largest absolute Gasteiger partial charge is 0.477 e. The SMILES string of the molecule is N#C/C(=C\Cc1ccc2cc(-c3ccc(N4CCOCC4)cc3)oc2c1)C(=O)O. The van der Waals surface area contributed by atoms with E-state index in [4.69, 9.17) is 19.5 Å². The number of furan rings is 1. The molecule has 29 heavy (non-hydrogen) atoms. The van der Waals surface area contributed by atoms with Gasteiger partial charge in [-0.3, -0.25) is 0 Å². The van der Waals surface area contributed by atoms with Crippen molar-refractivity contribution in [3.05, 3.63) is 65.7 Å². The van der Waals surface area contributed by atoms with E-state index in [0.717, 1.165) is 54.2 Å². The summed E-state index contributed by atoms with van der Waals surface area (Å²) in [5.74, 6) is -0.432. The van der Waals surface area contributed by atoms with Gasteiger partial charge in [0.2, 0.25) is 0 Å². The highest BCUT2D eigenvalue weighted by Gasteiger charge is 2.12. The Bertz CT molecular complexity index is 1100. The molecule has 6 heteroatoms. The van der Waals surface area contributed by atoms with Gasteiger partial charge in [0, 0.05) is 29.7 Å². The number of allylic oxidation sites excluding steroid dienone is 1. The third-order valence-electron chi connectivity index (χ3n) is 5.01. The molecule has 0 saturated carbocycles. The van der Waals surface area contributed by atoms with Gasteiger partial charge in [-0.2, -0.15) is 5.26 Å². The molecule has 0 unspecified atom stereocenters. The maximum Gasteiger partial charge on any atom is 0.346 e. The number of hydrogen-bond acceptors (Lipinski definition) is 5. The number of rotatable bonds is 5. The minimum Gasteiger partial charge on any atom is -0.477 e. The molecule has 1 aliphatic rings. The first-order valence-electron chi connectivity index (χ1n) is 9.43. The Morgan fingerprint density at radius 3 is 2.59 bits per heavy atom. The number of morpholine rings is 1. The van der Waals surface area contributed by atoms with Crippen molar-refractivity contribution < 1.29 is 19.1 Å². The number of nitrogens with zero attached hydrogens (tertiary/aromatic N) is 2. The van der Waals surface area contributed by atoms with E-state index in [1.165, 1.54) is 11.8 Å². The molecule has 2 aromatic carbocycles. The van der Waals surface area contributed by atoms with Crippen LogP contribution in [0.25, 0.3) is 22.3 Å². The van der Waals surface area contributed by atoms with Crippen molar-refractivity contribution in [3.63, 3.8) is 0 Å².